The van der Waals surface area contributed by atoms with Crippen LogP contribution in [-0.4, -0.2) is 31.1 Å². The van der Waals surface area contributed by atoms with Crippen LogP contribution >= 0.6 is 15.9 Å². The molecule has 1 fully saturated rings. The molecule has 2 aliphatic heterocycles. The zero-order valence-corrected chi connectivity index (χ0v) is 19.3. The van der Waals surface area contributed by atoms with Crippen LogP contribution in [0.3, 0.4) is 0 Å². The SMILES string of the molecule is CC1=C(C(=O)OC[C@H]2CCCO2)[C@@H](c2cccc(Br)c2)C2=C(CC(C)(C)CC2=O)N1. The summed E-state index contributed by atoms with van der Waals surface area (Å²) in [6, 6.07) is 7.83. The molecule has 0 spiro atoms. The molecule has 0 aromatic heterocycles. The number of rotatable bonds is 4. The molecule has 2 atom stereocenters. The van der Waals surface area contributed by atoms with Crippen molar-refractivity contribution < 1.29 is 19.1 Å². The third-order valence-corrected chi connectivity index (χ3v) is 6.56. The highest BCUT2D eigenvalue weighted by atomic mass is 79.9. The third kappa shape index (κ3) is 4.26. The van der Waals surface area contributed by atoms with Crippen LogP contribution in [0.5, 0.6) is 0 Å². The molecule has 6 heteroatoms. The average Bonchev–Trinajstić information content (AvgIpc) is 3.17. The molecular formula is C24H28BrNO4. The molecule has 0 bridgehead atoms. The number of carbonyl (C=O) groups excluding carboxylic acids is 2. The van der Waals surface area contributed by atoms with E-state index in [1.54, 1.807) is 0 Å². The van der Waals surface area contributed by atoms with Crippen LogP contribution in [0, 0.1) is 5.41 Å². The van der Waals surface area contributed by atoms with Gasteiger partial charge in [0.15, 0.2) is 5.78 Å². The summed E-state index contributed by atoms with van der Waals surface area (Å²) < 4.78 is 12.2. The fourth-order valence-electron chi connectivity index (χ4n) is 4.75. The van der Waals surface area contributed by atoms with Gasteiger partial charge in [-0.3, -0.25) is 4.79 Å². The molecule has 5 nitrogen and oxygen atoms in total. The fourth-order valence-corrected chi connectivity index (χ4v) is 5.17. The van der Waals surface area contributed by atoms with E-state index in [9.17, 15) is 9.59 Å². The zero-order valence-electron chi connectivity index (χ0n) is 17.7. The maximum atomic E-state index is 13.3. The van der Waals surface area contributed by atoms with Crippen LogP contribution in [0.15, 0.2) is 51.3 Å². The molecule has 2 heterocycles. The molecule has 1 aliphatic carbocycles. The highest BCUT2D eigenvalue weighted by Gasteiger charge is 2.43. The van der Waals surface area contributed by atoms with Crippen LogP contribution in [0.25, 0.3) is 0 Å². The average molecular weight is 474 g/mol. The van der Waals surface area contributed by atoms with Gasteiger partial charge in [-0.2, -0.15) is 0 Å². The molecule has 0 radical (unpaired) electrons. The fraction of sp³-hybridized carbons (Fsp3) is 0.500. The number of nitrogens with one attached hydrogen (secondary N) is 1. The lowest BCUT2D eigenvalue weighted by Crippen LogP contribution is -2.39. The highest BCUT2D eigenvalue weighted by Crippen LogP contribution is 2.47. The lowest BCUT2D eigenvalue weighted by molar-refractivity contribution is -0.142. The Bertz CT molecular complexity index is 940. The van der Waals surface area contributed by atoms with E-state index in [2.05, 4.69) is 35.1 Å². The largest absolute Gasteiger partial charge is 0.459 e. The monoisotopic (exact) mass is 473 g/mol. The van der Waals surface area contributed by atoms with Crippen molar-refractivity contribution in [2.75, 3.05) is 13.2 Å². The summed E-state index contributed by atoms with van der Waals surface area (Å²) in [6.45, 7) is 7.06. The van der Waals surface area contributed by atoms with Gasteiger partial charge in [-0.1, -0.05) is 41.9 Å². The highest BCUT2D eigenvalue weighted by molar-refractivity contribution is 9.10. The number of ether oxygens (including phenoxy) is 2. The van der Waals surface area contributed by atoms with E-state index >= 15 is 0 Å². The summed E-state index contributed by atoms with van der Waals surface area (Å²) in [5.74, 6) is -0.723. The topological polar surface area (TPSA) is 64.6 Å². The lowest BCUT2D eigenvalue weighted by atomic mass is 9.68. The molecule has 0 amide bonds. The maximum absolute atomic E-state index is 13.3. The van der Waals surface area contributed by atoms with Crippen molar-refractivity contribution in [2.45, 2.75) is 58.5 Å². The molecule has 1 aromatic rings. The van der Waals surface area contributed by atoms with Crippen molar-refractivity contribution >= 4 is 27.7 Å². The van der Waals surface area contributed by atoms with E-state index < -0.39 is 5.92 Å². The molecule has 1 N–H and O–H groups in total. The van der Waals surface area contributed by atoms with Crippen LogP contribution in [0.1, 0.15) is 57.9 Å². The summed E-state index contributed by atoms with van der Waals surface area (Å²) in [5, 5.41) is 3.37. The minimum absolute atomic E-state index is 0.0392. The van der Waals surface area contributed by atoms with Gasteiger partial charge in [0.25, 0.3) is 0 Å². The van der Waals surface area contributed by atoms with Crippen molar-refractivity contribution in [3.05, 3.63) is 56.8 Å². The summed E-state index contributed by atoms with van der Waals surface area (Å²) in [4.78, 5) is 26.5. The Hall–Kier alpha value is -1.92. The number of carbonyl (C=O) groups is 2. The molecule has 0 saturated carbocycles. The Labute approximate surface area is 186 Å². The van der Waals surface area contributed by atoms with Crippen molar-refractivity contribution in [2.24, 2.45) is 5.41 Å². The second-order valence-electron chi connectivity index (χ2n) is 9.22. The molecule has 4 rings (SSSR count). The normalized spacial score (nSPS) is 25.8. The second kappa shape index (κ2) is 8.31. The van der Waals surface area contributed by atoms with Crippen LogP contribution in [0.2, 0.25) is 0 Å². The maximum Gasteiger partial charge on any atom is 0.336 e. The Kier molecular flexibility index (Phi) is 5.90. The third-order valence-electron chi connectivity index (χ3n) is 6.07. The minimum atomic E-state index is -0.431. The summed E-state index contributed by atoms with van der Waals surface area (Å²) in [5.41, 5.74) is 3.69. The second-order valence-corrected chi connectivity index (χ2v) is 10.1. The van der Waals surface area contributed by atoms with Gasteiger partial charge in [-0.25, -0.2) is 4.79 Å². The van der Waals surface area contributed by atoms with E-state index in [1.165, 1.54) is 0 Å². The van der Waals surface area contributed by atoms with Gasteiger partial charge in [-0.15, -0.1) is 0 Å². The van der Waals surface area contributed by atoms with Crippen LogP contribution in [-0.2, 0) is 19.1 Å². The quantitative estimate of drug-likeness (QED) is 0.637. The summed E-state index contributed by atoms with van der Waals surface area (Å²) in [7, 11) is 0. The van der Waals surface area contributed by atoms with Crippen molar-refractivity contribution in [1.29, 1.82) is 0 Å². The summed E-state index contributed by atoms with van der Waals surface area (Å²) >= 11 is 3.53. The van der Waals surface area contributed by atoms with Gasteiger partial charge in [0, 0.05) is 40.4 Å². The molecule has 1 saturated heterocycles. The number of hydrogen-bond acceptors (Lipinski definition) is 5. The van der Waals surface area contributed by atoms with E-state index in [-0.39, 0.29) is 29.9 Å². The first-order valence-electron chi connectivity index (χ1n) is 10.5. The predicted molar refractivity (Wildman–Crippen MR) is 118 cm³/mol. The Balaban J connectivity index is 1.72. The number of esters is 1. The van der Waals surface area contributed by atoms with Crippen molar-refractivity contribution in [3.63, 3.8) is 0 Å². The first kappa shape index (κ1) is 21.3. The van der Waals surface area contributed by atoms with Gasteiger partial charge in [0.1, 0.15) is 6.61 Å². The smallest absolute Gasteiger partial charge is 0.336 e. The molecule has 3 aliphatic rings. The predicted octanol–water partition coefficient (Wildman–Crippen LogP) is 4.78. The van der Waals surface area contributed by atoms with Gasteiger partial charge in [0.2, 0.25) is 0 Å². The number of hydrogen-bond donors (Lipinski definition) is 1. The van der Waals surface area contributed by atoms with Gasteiger partial charge in [-0.05, 0) is 49.3 Å². The minimum Gasteiger partial charge on any atom is -0.459 e. The van der Waals surface area contributed by atoms with E-state index in [0.29, 0.717) is 24.2 Å². The molecule has 30 heavy (non-hydrogen) atoms. The van der Waals surface area contributed by atoms with Gasteiger partial charge >= 0.3 is 5.97 Å². The lowest BCUT2D eigenvalue weighted by Gasteiger charge is -2.39. The standard InChI is InChI=1S/C24H28BrNO4/c1-14-20(23(28)30-13-17-8-5-9-29-17)21(15-6-4-7-16(25)10-15)22-18(26-14)11-24(2,3)12-19(22)27/h4,6-7,10,17,21,26H,5,8-9,11-13H2,1-3H3/t17-,21-/m1/s1. The zero-order chi connectivity index (χ0) is 21.5. The number of Topliss-reactive ketones (excluding diaryl/α,β-unsaturated/α-hetero) is 1. The molecule has 0 unspecified atom stereocenters. The molecule has 1 aromatic carbocycles. The Morgan fingerprint density at radius 1 is 1.33 bits per heavy atom. The van der Waals surface area contributed by atoms with Crippen molar-refractivity contribution in [1.82, 2.24) is 5.32 Å². The van der Waals surface area contributed by atoms with Gasteiger partial charge in [0.05, 0.1) is 11.7 Å². The van der Waals surface area contributed by atoms with E-state index in [4.69, 9.17) is 9.47 Å². The van der Waals surface area contributed by atoms with Crippen LogP contribution < -0.4 is 5.32 Å². The molecular weight excluding hydrogens is 446 g/mol. The number of allylic oxidation sites excluding steroid dienone is 3. The first-order chi connectivity index (χ1) is 14.2. The van der Waals surface area contributed by atoms with E-state index in [0.717, 1.165) is 40.7 Å². The number of ketones is 1. The Morgan fingerprint density at radius 2 is 2.13 bits per heavy atom. The summed E-state index contributed by atoms with van der Waals surface area (Å²) in [6.07, 6.45) is 3.10. The number of benzene rings is 1. The van der Waals surface area contributed by atoms with Gasteiger partial charge < -0.3 is 14.8 Å². The van der Waals surface area contributed by atoms with Crippen molar-refractivity contribution in [3.8, 4) is 0 Å². The van der Waals surface area contributed by atoms with Crippen LogP contribution in [0.4, 0.5) is 0 Å². The first-order valence-corrected chi connectivity index (χ1v) is 11.3. The molecule has 160 valence electrons. The number of dihydropyridines is 1. The Morgan fingerprint density at radius 3 is 2.83 bits per heavy atom. The van der Waals surface area contributed by atoms with E-state index in [1.807, 2.05) is 31.2 Å². The number of halogens is 1.